The summed E-state index contributed by atoms with van der Waals surface area (Å²) < 4.78 is 5.10. The summed E-state index contributed by atoms with van der Waals surface area (Å²) in [7, 11) is 0. The topological polar surface area (TPSA) is 102 Å². The fourth-order valence-corrected chi connectivity index (χ4v) is 4.65. The minimum atomic E-state index is -0.645. The van der Waals surface area contributed by atoms with Crippen LogP contribution in [0.15, 0.2) is 76.5 Å². The van der Waals surface area contributed by atoms with Crippen molar-refractivity contribution in [2.45, 2.75) is 16.2 Å². The lowest BCUT2D eigenvalue weighted by atomic mass is 10.2. The molecule has 0 fully saturated rings. The van der Waals surface area contributed by atoms with Crippen LogP contribution in [0.5, 0.6) is 0 Å². The van der Waals surface area contributed by atoms with Gasteiger partial charge in [0.25, 0.3) is 11.6 Å². The Morgan fingerprint density at radius 3 is 2.30 bits per heavy atom. The minimum Gasteiger partial charge on any atom is -0.456 e. The van der Waals surface area contributed by atoms with Crippen molar-refractivity contribution in [2.24, 2.45) is 0 Å². The van der Waals surface area contributed by atoms with Crippen LogP contribution in [0.1, 0.15) is 6.42 Å². The van der Waals surface area contributed by atoms with E-state index in [-0.39, 0.29) is 22.8 Å². The first-order chi connectivity index (χ1) is 15.9. The zero-order valence-corrected chi connectivity index (χ0v) is 18.8. The largest absolute Gasteiger partial charge is 0.456 e. The van der Waals surface area contributed by atoms with Gasteiger partial charge in [-0.1, -0.05) is 47.6 Å². The SMILES string of the molecule is O=C(COC(=O)CCN1c2ccccc2Sc2ccccc21)Nc1ccc(Cl)c([N+](=O)[O-])c1. The number of esters is 1. The number of hydrogen-bond acceptors (Lipinski definition) is 7. The van der Waals surface area contributed by atoms with Crippen molar-refractivity contribution >= 4 is 58.0 Å². The third kappa shape index (κ3) is 5.27. The van der Waals surface area contributed by atoms with E-state index in [1.54, 1.807) is 11.8 Å². The summed E-state index contributed by atoms with van der Waals surface area (Å²) in [5.41, 5.74) is 1.88. The number of amides is 1. The fraction of sp³-hybridized carbons (Fsp3) is 0.130. The molecule has 1 heterocycles. The first kappa shape index (κ1) is 22.6. The van der Waals surface area contributed by atoms with E-state index < -0.39 is 23.4 Å². The van der Waals surface area contributed by atoms with Crippen LogP contribution in [0.3, 0.4) is 0 Å². The molecule has 0 saturated heterocycles. The summed E-state index contributed by atoms with van der Waals surface area (Å²) in [6.07, 6.45) is 0.0764. The molecule has 1 aliphatic rings. The second-order valence-corrected chi connectivity index (χ2v) is 8.56. The summed E-state index contributed by atoms with van der Waals surface area (Å²) in [5, 5.41) is 13.4. The van der Waals surface area contributed by atoms with Crippen LogP contribution in [0, 0.1) is 10.1 Å². The van der Waals surface area contributed by atoms with E-state index >= 15 is 0 Å². The van der Waals surface area contributed by atoms with Gasteiger partial charge in [0.2, 0.25) is 0 Å². The van der Waals surface area contributed by atoms with E-state index in [0.717, 1.165) is 27.2 Å². The molecule has 0 aliphatic carbocycles. The van der Waals surface area contributed by atoms with Gasteiger partial charge in [0.15, 0.2) is 6.61 Å². The fourth-order valence-electron chi connectivity index (χ4n) is 3.37. The van der Waals surface area contributed by atoms with E-state index in [1.807, 2.05) is 48.5 Å². The molecule has 3 aromatic carbocycles. The Morgan fingerprint density at radius 2 is 1.67 bits per heavy atom. The average Bonchev–Trinajstić information content (AvgIpc) is 2.81. The number of para-hydroxylation sites is 2. The van der Waals surface area contributed by atoms with Crippen LogP contribution < -0.4 is 10.2 Å². The van der Waals surface area contributed by atoms with Gasteiger partial charge in [0.05, 0.1) is 22.7 Å². The van der Waals surface area contributed by atoms with Gasteiger partial charge in [-0.25, -0.2) is 0 Å². The Morgan fingerprint density at radius 1 is 1.03 bits per heavy atom. The van der Waals surface area contributed by atoms with Crippen molar-refractivity contribution in [1.82, 2.24) is 0 Å². The predicted molar refractivity (Wildman–Crippen MR) is 126 cm³/mol. The Hall–Kier alpha value is -3.56. The number of hydrogen-bond donors (Lipinski definition) is 1. The van der Waals surface area contributed by atoms with Gasteiger partial charge in [-0.05, 0) is 36.4 Å². The number of rotatable bonds is 7. The van der Waals surface area contributed by atoms with Gasteiger partial charge in [-0.2, -0.15) is 0 Å². The lowest BCUT2D eigenvalue weighted by Gasteiger charge is -2.32. The number of ether oxygens (including phenoxy) is 1. The number of nitro benzene ring substituents is 1. The molecule has 0 aromatic heterocycles. The average molecular weight is 484 g/mol. The van der Waals surface area contributed by atoms with Gasteiger partial charge in [-0.3, -0.25) is 19.7 Å². The molecule has 0 saturated carbocycles. The molecule has 0 radical (unpaired) electrons. The third-order valence-electron chi connectivity index (χ3n) is 4.86. The van der Waals surface area contributed by atoms with E-state index in [0.29, 0.717) is 6.54 Å². The molecule has 8 nitrogen and oxygen atoms in total. The summed E-state index contributed by atoms with van der Waals surface area (Å²) in [5.74, 6) is -1.13. The summed E-state index contributed by atoms with van der Waals surface area (Å²) >= 11 is 7.44. The van der Waals surface area contributed by atoms with Gasteiger partial charge < -0.3 is 15.0 Å². The molecule has 168 valence electrons. The van der Waals surface area contributed by atoms with Crippen molar-refractivity contribution in [1.29, 1.82) is 0 Å². The highest BCUT2D eigenvalue weighted by molar-refractivity contribution is 7.99. The summed E-state index contributed by atoms with van der Waals surface area (Å²) in [6, 6.07) is 19.8. The highest BCUT2D eigenvalue weighted by atomic mass is 35.5. The molecule has 1 amide bonds. The molecule has 3 aromatic rings. The highest BCUT2D eigenvalue weighted by Crippen LogP contribution is 2.47. The van der Waals surface area contributed by atoms with E-state index in [1.165, 1.54) is 12.1 Å². The van der Waals surface area contributed by atoms with Crippen LogP contribution in [0.2, 0.25) is 5.02 Å². The van der Waals surface area contributed by atoms with Crippen molar-refractivity contribution in [2.75, 3.05) is 23.4 Å². The standard InChI is InChI=1S/C23H18ClN3O5S/c24-16-10-9-15(13-19(16)27(30)31)25-22(28)14-32-23(29)11-12-26-17-5-1-3-7-20(17)33-21-8-4-2-6-18(21)26/h1-10,13H,11-12,14H2,(H,25,28). The third-order valence-corrected chi connectivity index (χ3v) is 6.31. The van der Waals surface area contributed by atoms with Crippen LogP contribution >= 0.6 is 23.4 Å². The maximum atomic E-state index is 12.3. The monoisotopic (exact) mass is 483 g/mol. The second-order valence-electron chi connectivity index (χ2n) is 7.07. The number of nitrogens with zero attached hydrogens (tertiary/aromatic N) is 2. The Kier molecular flexibility index (Phi) is 6.81. The number of fused-ring (bicyclic) bond motifs is 2. The molecule has 0 atom stereocenters. The van der Waals surface area contributed by atoms with Crippen LogP contribution in [0.25, 0.3) is 0 Å². The Balaban J connectivity index is 1.34. The zero-order valence-electron chi connectivity index (χ0n) is 17.2. The number of anilines is 3. The number of carbonyl (C=O) groups excluding carboxylic acids is 2. The molecule has 1 N–H and O–H groups in total. The molecule has 0 unspecified atom stereocenters. The van der Waals surface area contributed by atoms with Crippen molar-refractivity contribution < 1.29 is 19.2 Å². The normalized spacial score (nSPS) is 11.8. The number of benzene rings is 3. The van der Waals surface area contributed by atoms with Gasteiger partial charge in [-0.15, -0.1) is 0 Å². The lowest BCUT2D eigenvalue weighted by Crippen LogP contribution is -2.26. The summed E-state index contributed by atoms with van der Waals surface area (Å²) in [6.45, 7) is -0.114. The van der Waals surface area contributed by atoms with Crippen molar-refractivity contribution in [3.8, 4) is 0 Å². The van der Waals surface area contributed by atoms with E-state index in [4.69, 9.17) is 16.3 Å². The van der Waals surface area contributed by atoms with Crippen molar-refractivity contribution in [3.63, 3.8) is 0 Å². The molecule has 10 heteroatoms. The van der Waals surface area contributed by atoms with Crippen LogP contribution in [-0.4, -0.2) is 30.0 Å². The molecule has 4 rings (SSSR count). The maximum Gasteiger partial charge on any atom is 0.308 e. The molecule has 1 aliphatic heterocycles. The van der Waals surface area contributed by atoms with Crippen LogP contribution in [0.4, 0.5) is 22.7 Å². The minimum absolute atomic E-state index is 0.0383. The number of nitrogens with one attached hydrogen (secondary N) is 1. The maximum absolute atomic E-state index is 12.3. The quantitative estimate of drug-likeness (QED) is 0.272. The Bertz CT molecular complexity index is 1190. The van der Waals surface area contributed by atoms with Crippen molar-refractivity contribution in [3.05, 3.63) is 81.9 Å². The first-order valence-electron chi connectivity index (χ1n) is 9.95. The second kappa shape index (κ2) is 9.93. The predicted octanol–water partition coefficient (Wildman–Crippen LogP) is 5.42. The number of carbonyl (C=O) groups is 2. The van der Waals surface area contributed by atoms with Gasteiger partial charge in [0, 0.05) is 28.1 Å². The zero-order chi connectivity index (χ0) is 23.4. The first-order valence-corrected chi connectivity index (χ1v) is 11.1. The molecule has 0 bridgehead atoms. The lowest BCUT2D eigenvalue weighted by molar-refractivity contribution is -0.384. The van der Waals surface area contributed by atoms with Gasteiger partial charge >= 0.3 is 5.97 Å². The molecular weight excluding hydrogens is 466 g/mol. The van der Waals surface area contributed by atoms with Crippen LogP contribution in [-0.2, 0) is 14.3 Å². The van der Waals surface area contributed by atoms with Gasteiger partial charge in [0.1, 0.15) is 5.02 Å². The molecule has 0 spiro atoms. The smallest absolute Gasteiger partial charge is 0.308 e. The molecular formula is C23H18ClN3O5S. The van der Waals surface area contributed by atoms with E-state index in [9.17, 15) is 19.7 Å². The number of halogens is 1. The Labute approximate surface area is 198 Å². The number of nitro groups is 1. The molecule has 33 heavy (non-hydrogen) atoms. The van der Waals surface area contributed by atoms with E-state index in [2.05, 4.69) is 10.2 Å². The summed E-state index contributed by atoms with van der Waals surface area (Å²) in [4.78, 5) is 39.0. The highest BCUT2D eigenvalue weighted by Gasteiger charge is 2.23.